The van der Waals surface area contributed by atoms with Gasteiger partial charge in [0.1, 0.15) is 0 Å². The number of allylic oxidation sites excluding steroid dienone is 1. The van der Waals surface area contributed by atoms with Gasteiger partial charge in [0.15, 0.2) is 0 Å². The number of esters is 1. The van der Waals surface area contributed by atoms with E-state index in [1.54, 1.807) is 6.92 Å². The van der Waals surface area contributed by atoms with E-state index in [2.05, 4.69) is 0 Å². The lowest BCUT2D eigenvalue weighted by molar-refractivity contribution is -0.144. The average Bonchev–Trinajstić information content (AvgIpc) is 2.46. The highest BCUT2D eigenvalue weighted by Crippen LogP contribution is 2.33. The first-order valence-electron chi connectivity index (χ1n) is 5.14. The highest BCUT2D eigenvalue weighted by molar-refractivity contribution is 5.69. The van der Waals surface area contributed by atoms with Crippen LogP contribution in [0.15, 0.2) is 11.6 Å². The van der Waals surface area contributed by atoms with Gasteiger partial charge < -0.3 is 9.84 Å². The van der Waals surface area contributed by atoms with Crippen LogP contribution in [0, 0.1) is 0 Å². The molecule has 3 nitrogen and oxygen atoms in total. The van der Waals surface area contributed by atoms with Crippen molar-refractivity contribution in [3.05, 3.63) is 11.6 Å². The maximum absolute atomic E-state index is 11.1. The SMILES string of the molecule is CCOC(=O)CCC1(O)CCC=C1C. The minimum Gasteiger partial charge on any atom is -0.466 e. The van der Waals surface area contributed by atoms with E-state index in [0.29, 0.717) is 19.4 Å². The first-order chi connectivity index (χ1) is 6.58. The molecule has 1 atom stereocenters. The monoisotopic (exact) mass is 198 g/mol. The highest BCUT2D eigenvalue weighted by Gasteiger charge is 2.32. The van der Waals surface area contributed by atoms with Crippen molar-refractivity contribution in [3.63, 3.8) is 0 Å². The average molecular weight is 198 g/mol. The Hall–Kier alpha value is -0.830. The quantitative estimate of drug-likeness (QED) is 0.553. The summed E-state index contributed by atoms with van der Waals surface area (Å²) in [5, 5.41) is 10.1. The highest BCUT2D eigenvalue weighted by atomic mass is 16.5. The van der Waals surface area contributed by atoms with Crippen LogP contribution in [0.25, 0.3) is 0 Å². The number of hydrogen-bond acceptors (Lipinski definition) is 3. The number of ether oxygens (including phenoxy) is 1. The predicted molar refractivity (Wildman–Crippen MR) is 53.8 cm³/mol. The van der Waals surface area contributed by atoms with E-state index in [9.17, 15) is 9.90 Å². The Balaban J connectivity index is 2.37. The molecule has 0 bridgehead atoms. The molecule has 0 spiro atoms. The van der Waals surface area contributed by atoms with E-state index in [0.717, 1.165) is 18.4 Å². The van der Waals surface area contributed by atoms with Crippen molar-refractivity contribution in [3.8, 4) is 0 Å². The van der Waals surface area contributed by atoms with Gasteiger partial charge in [-0.05, 0) is 38.7 Å². The molecule has 14 heavy (non-hydrogen) atoms. The third-order valence-electron chi connectivity index (χ3n) is 2.79. The fraction of sp³-hybridized carbons (Fsp3) is 0.727. The summed E-state index contributed by atoms with van der Waals surface area (Å²) >= 11 is 0. The number of hydrogen-bond donors (Lipinski definition) is 1. The van der Waals surface area contributed by atoms with E-state index in [4.69, 9.17) is 4.74 Å². The zero-order valence-electron chi connectivity index (χ0n) is 8.88. The number of carbonyl (C=O) groups is 1. The molecule has 80 valence electrons. The maximum atomic E-state index is 11.1. The number of rotatable bonds is 4. The summed E-state index contributed by atoms with van der Waals surface area (Å²) in [6, 6.07) is 0. The van der Waals surface area contributed by atoms with Gasteiger partial charge in [-0.2, -0.15) is 0 Å². The van der Waals surface area contributed by atoms with Crippen LogP contribution in [0.2, 0.25) is 0 Å². The molecule has 0 aromatic carbocycles. The topological polar surface area (TPSA) is 46.5 Å². The Bertz CT molecular complexity index is 245. The summed E-state index contributed by atoms with van der Waals surface area (Å²) in [5.74, 6) is -0.222. The van der Waals surface area contributed by atoms with Gasteiger partial charge in [-0.1, -0.05) is 6.08 Å². The van der Waals surface area contributed by atoms with E-state index >= 15 is 0 Å². The lowest BCUT2D eigenvalue weighted by Gasteiger charge is -2.24. The zero-order valence-corrected chi connectivity index (χ0v) is 8.88. The molecule has 0 amide bonds. The summed E-state index contributed by atoms with van der Waals surface area (Å²) in [5.41, 5.74) is 0.231. The van der Waals surface area contributed by atoms with Gasteiger partial charge in [0.05, 0.1) is 12.2 Å². The third kappa shape index (κ3) is 2.58. The maximum Gasteiger partial charge on any atom is 0.305 e. The summed E-state index contributed by atoms with van der Waals surface area (Å²) in [6.07, 6.45) is 4.46. The molecule has 0 fully saturated rings. The molecule has 1 aliphatic rings. The largest absolute Gasteiger partial charge is 0.466 e. The Morgan fingerprint density at radius 1 is 1.71 bits per heavy atom. The first kappa shape index (κ1) is 11.2. The standard InChI is InChI=1S/C11H18O3/c1-3-14-10(12)6-8-11(13)7-4-5-9(11)2/h5,13H,3-4,6-8H2,1-2H3. The summed E-state index contributed by atoms with van der Waals surface area (Å²) in [7, 11) is 0. The van der Waals surface area contributed by atoms with E-state index < -0.39 is 5.60 Å². The lowest BCUT2D eigenvalue weighted by Crippen LogP contribution is -2.28. The van der Waals surface area contributed by atoms with Crippen molar-refractivity contribution in [1.82, 2.24) is 0 Å². The molecule has 0 heterocycles. The molecule has 1 unspecified atom stereocenters. The second kappa shape index (κ2) is 4.60. The van der Waals surface area contributed by atoms with E-state index in [1.165, 1.54) is 0 Å². The van der Waals surface area contributed by atoms with Crippen LogP contribution in [0.4, 0.5) is 0 Å². The molecule has 3 heteroatoms. The van der Waals surface area contributed by atoms with Crippen molar-refractivity contribution in [2.45, 2.75) is 45.1 Å². The van der Waals surface area contributed by atoms with Crippen molar-refractivity contribution < 1.29 is 14.6 Å². The number of aliphatic hydroxyl groups is 1. The summed E-state index contributed by atoms with van der Waals surface area (Å²) in [6.45, 7) is 4.11. The molecule has 0 radical (unpaired) electrons. The van der Waals surface area contributed by atoms with Crippen LogP contribution in [0.5, 0.6) is 0 Å². The zero-order chi connectivity index (χ0) is 10.6. The minimum atomic E-state index is -0.757. The summed E-state index contributed by atoms with van der Waals surface area (Å²) < 4.78 is 4.81. The molecule has 1 rings (SSSR count). The van der Waals surface area contributed by atoms with Crippen LogP contribution >= 0.6 is 0 Å². The molecular weight excluding hydrogens is 180 g/mol. The van der Waals surface area contributed by atoms with Gasteiger partial charge >= 0.3 is 5.97 Å². The van der Waals surface area contributed by atoms with Crippen LogP contribution in [0.3, 0.4) is 0 Å². The van der Waals surface area contributed by atoms with Gasteiger partial charge in [0.2, 0.25) is 0 Å². The van der Waals surface area contributed by atoms with Crippen molar-refractivity contribution >= 4 is 5.97 Å². The minimum absolute atomic E-state index is 0.222. The van der Waals surface area contributed by atoms with Crippen LogP contribution in [-0.4, -0.2) is 23.3 Å². The Morgan fingerprint density at radius 3 is 2.93 bits per heavy atom. The van der Waals surface area contributed by atoms with Crippen molar-refractivity contribution in [1.29, 1.82) is 0 Å². The van der Waals surface area contributed by atoms with Crippen molar-refractivity contribution in [2.75, 3.05) is 6.61 Å². The molecule has 0 aromatic heterocycles. The molecular formula is C11H18O3. The van der Waals surface area contributed by atoms with E-state index in [-0.39, 0.29) is 5.97 Å². The normalized spacial score (nSPS) is 26.1. The summed E-state index contributed by atoms with van der Waals surface area (Å²) in [4.78, 5) is 11.1. The number of carbonyl (C=O) groups excluding carboxylic acids is 1. The fourth-order valence-corrected chi connectivity index (χ4v) is 1.78. The second-order valence-electron chi connectivity index (χ2n) is 3.76. The molecule has 0 aliphatic heterocycles. The Kier molecular flexibility index (Phi) is 3.69. The van der Waals surface area contributed by atoms with Crippen LogP contribution in [0.1, 0.15) is 39.5 Å². The van der Waals surface area contributed by atoms with Gasteiger partial charge in [-0.25, -0.2) is 0 Å². The molecule has 0 aromatic rings. The second-order valence-corrected chi connectivity index (χ2v) is 3.76. The lowest BCUT2D eigenvalue weighted by atomic mass is 9.91. The fourth-order valence-electron chi connectivity index (χ4n) is 1.78. The van der Waals surface area contributed by atoms with Gasteiger partial charge in [0, 0.05) is 6.42 Å². The predicted octanol–water partition coefficient (Wildman–Crippen LogP) is 1.80. The molecule has 0 saturated heterocycles. The Labute approximate surface area is 84.8 Å². The van der Waals surface area contributed by atoms with Gasteiger partial charge in [0.25, 0.3) is 0 Å². The van der Waals surface area contributed by atoms with Crippen molar-refractivity contribution in [2.24, 2.45) is 0 Å². The van der Waals surface area contributed by atoms with E-state index in [1.807, 2.05) is 13.0 Å². The van der Waals surface area contributed by atoms with Gasteiger partial charge in [-0.3, -0.25) is 4.79 Å². The molecule has 1 aliphatic carbocycles. The van der Waals surface area contributed by atoms with Crippen LogP contribution < -0.4 is 0 Å². The third-order valence-corrected chi connectivity index (χ3v) is 2.79. The van der Waals surface area contributed by atoms with Gasteiger partial charge in [-0.15, -0.1) is 0 Å². The molecule has 0 saturated carbocycles. The molecule has 1 N–H and O–H groups in total. The van der Waals surface area contributed by atoms with Crippen LogP contribution in [-0.2, 0) is 9.53 Å². The smallest absolute Gasteiger partial charge is 0.305 e. The Morgan fingerprint density at radius 2 is 2.43 bits per heavy atom. The first-order valence-corrected chi connectivity index (χ1v) is 5.14.